The minimum Gasteiger partial charge on any atom is -0.325 e. The molecule has 0 aliphatic carbocycles. The number of benzene rings is 2. The molecule has 0 saturated heterocycles. The summed E-state index contributed by atoms with van der Waals surface area (Å²) in [6, 6.07) is 18.2. The molecule has 150 valence electrons. The van der Waals surface area contributed by atoms with Crippen molar-refractivity contribution in [2.45, 2.75) is 37.9 Å². The smallest absolute Gasteiger partial charge is 0.234 e. The number of anilines is 1. The van der Waals surface area contributed by atoms with E-state index in [4.69, 9.17) is 0 Å². The van der Waals surface area contributed by atoms with Crippen LogP contribution >= 0.6 is 11.8 Å². The second-order valence-electron chi connectivity index (χ2n) is 6.63. The van der Waals surface area contributed by atoms with Crippen molar-refractivity contribution < 1.29 is 4.79 Å². The van der Waals surface area contributed by atoms with Crippen molar-refractivity contribution in [1.82, 2.24) is 14.8 Å². The van der Waals surface area contributed by atoms with Gasteiger partial charge in [-0.1, -0.05) is 73.3 Å². The lowest BCUT2D eigenvalue weighted by Gasteiger charge is -2.10. The fraction of sp³-hybridized carbons (Fsp3) is 0.261. The van der Waals surface area contributed by atoms with Crippen LogP contribution in [-0.4, -0.2) is 26.4 Å². The number of allylic oxidation sites excluding steroid dienone is 1. The molecule has 1 aromatic heterocycles. The van der Waals surface area contributed by atoms with Crippen LogP contribution in [0.4, 0.5) is 5.69 Å². The van der Waals surface area contributed by atoms with E-state index < -0.39 is 0 Å². The van der Waals surface area contributed by atoms with Crippen molar-refractivity contribution in [3.8, 4) is 0 Å². The van der Waals surface area contributed by atoms with Gasteiger partial charge in [0.2, 0.25) is 5.91 Å². The fourth-order valence-corrected chi connectivity index (χ4v) is 3.86. The van der Waals surface area contributed by atoms with Crippen LogP contribution in [0.25, 0.3) is 0 Å². The highest BCUT2D eigenvalue weighted by atomic mass is 32.2. The molecule has 0 saturated carbocycles. The molecule has 0 bridgehead atoms. The first-order valence-corrected chi connectivity index (χ1v) is 10.8. The maximum atomic E-state index is 12.4. The summed E-state index contributed by atoms with van der Waals surface area (Å²) in [5.74, 6) is 1.15. The number of nitrogens with zero attached hydrogens (tertiary/aromatic N) is 3. The van der Waals surface area contributed by atoms with Gasteiger partial charge >= 0.3 is 0 Å². The number of aromatic nitrogens is 3. The molecule has 3 rings (SSSR count). The number of nitrogens with one attached hydrogen (secondary N) is 1. The third kappa shape index (κ3) is 5.81. The van der Waals surface area contributed by atoms with E-state index >= 15 is 0 Å². The molecule has 0 unspecified atom stereocenters. The first kappa shape index (κ1) is 20.9. The standard InChI is InChI=1S/C23H26N4OS/c1-3-16-27-21(15-14-18-10-6-5-7-11-18)25-26-23(27)29-17-22(28)24-20-13-9-8-12-19(20)4-2/h3,5-13H,1,4,14-17H2,2H3,(H,24,28). The first-order valence-electron chi connectivity index (χ1n) is 9.78. The highest BCUT2D eigenvalue weighted by Crippen LogP contribution is 2.20. The first-order chi connectivity index (χ1) is 14.2. The van der Waals surface area contributed by atoms with E-state index in [1.54, 1.807) is 0 Å². The summed E-state index contributed by atoms with van der Waals surface area (Å²) in [6.07, 6.45) is 4.40. The average Bonchev–Trinajstić information content (AvgIpc) is 3.14. The summed E-state index contributed by atoms with van der Waals surface area (Å²) >= 11 is 1.40. The van der Waals surface area contributed by atoms with Crippen LogP contribution < -0.4 is 5.32 Å². The molecule has 3 aromatic rings. The summed E-state index contributed by atoms with van der Waals surface area (Å²) in [6.45, 7) is 6.54. The Balaban J connectivity index is 1.62. The zero-order valence-corrected chi connectivity index (χ0v) is 17.5. The van der Waals surface area contributed by atoms with Gasteiger partial charge in [0.25, 0.3) is 0 Å². The van der Waals surface area contributed by atoms with Gasteiger partial charge in [-0.05, 0) is 30.0 Å². The molecule has 0 radical (unpaired) electrons. The van der Waals surface area contributed by atoms with E-state index in [1.807, 2.05) is 53.1 Å². The van der Waals surface area contributed by atoms with Crippen LogP contribution in [0.3, 0.4) is 0 Å². The Kier molecular flexibility index (Phi) is 7.64. The van der Waals surface area contributed by atoms with Gasteiger partial charge in [-0.25, -0.2) is 0 Å². The van der Waals surface area contributed by atoms with Gasteiger partial charge in [0.05, 0.1) is 5.75 Å². The van der Waals surface area contributed by atoms with E-state index in [2.05, 4.69) is 41.1 Å². The number of para-hydroxylation sites is 1. The predicted octanol–water partition coefficient (Wildman–Crippen LogP) is 4.54. The molecule has 0 atom stereocenters. The summed E-state index contributed by atoms with van der Waals surface area (Å²) < 4.78 is 2.04. The van der Waals surface area contributed by atoms with E-state index in [0.29, 0.717) is 6.54 Å². The molecule has 1 heterocycles. The minimum atomic E-state index is -0.0464. The maximum Gasteiger partial charge on any atom is 0.234 e. The number of thioether (sulfide) groups is 1. The van der Waals surface area contributed by atoms with Gasteiger partial charge in [0.15, 0.2) is 5.16 Å². The van der Waals surface area contributed by atoms with Crippen LogP contribution in [0, 0.1) is 0 Å². The third-order valence-electron chi connectivity index (χ3n) is 4.59. The van der Waals surface area contributed by atoms with Crippen LogP contribution in [0.5, 0.6) is 0 Å². The lowest BCUT2D eigenvalue weighted by molar-refractivity contribution is -0.113. The van der Waals surface area contributed by atoms with E-state index in [1.165, 1.54) is 17.3 Å². The SMILES string of the molecule is C=CCn1c(CCc2ccccc2)nnc1SCC(=O)Nc1ccccc1CC. The number of carbonyl (C=O) groups excluding carboxylic acids is 1. The summed E-state index contributed by atoms with van der Waals surface area (Å²) in [4.78, 5) is 12.4. The molecule has 29 heavy (non-hydrogen) atoms. The zero-order valence-electron chi connectivity index (χ0n) is 16.7. The molecule has 1 N–H and O–H groups in total. The second kappa shape index (κ2) is 10.6. The summed E-state index contributed by atoms with van der Waals surface area (Å²) in [7, 11) is 0. The number of hydrogen-bond acceptors (Lipinski definition) is 4. The number of rotatable bonds is 10. The molecule has 2 aromatic carbocycles. The number of amides is 1. The Bertz CT molecular complexity index is 953. The highest BCUT2D eigenvalue weighted by Gasteiger charge is 2.14. The van der Waals surface area contributed by atoms with Gasteiger partial charge in [0.1, 0.15) is 5.82 Å². The maximum absolute atomic E-state index is 12.4. The molecular weight excluding hydrogens is 380 g/mol. The molecule has 0 aliphatic rings. The van der Waals surface area contributed by atoms with E-state index in [9.17, 15) is 4.79 Å². The van der Waals surface area contributed by atoms with Gasteiger partial charge in [-0.15, -0.1) is 16.8 Å². The van der Waals surface area contributed by atoms with Gasteiger partial charge in [0, 0.05) is 18.7 Å². The minimum absolute atomic E-state index is 0.0464. The Labute approximate surface area is 176 Å². The monoisotopic (exact) mass is 406 g/mol. The quantitative estimate of drug-likeness (QED) is 0.397. The van der Waals surface area contributed by atoms with Crippen molar-refractivity contribution in [1.29, 1.82) is 0 Å². The van der Waals surface area contributed by atoms with Crippen LogP contribution in [0.15, 0.2) is 72.4 Å². The van der Waals surface area contributed by atoms with Gasteiger partial charge in [-0.2, -0.15) is 0 Å². The molecule has 0 aliphatic heterocycles. The lowest BCUT2D eigenvalue weighted by atomic mass is 10.1. The largest absolute Gasteiger partial charge is 0.325 e. The molecule has 0 fully saturated rings. The summed E-state index contributed by atoms with van der Waals surface area (Å²) in [5.41, 5.74) is 3.27. The molecule has 5 nitrogen and oxygen atoms in total. The highest BCUT2D eigenvalue weighted by molar-refractivity contribution is 7.99. The van der Waals surface area contributed by atoms with Crippen molar-refractivity contribution in [3.05, 3.63) is 84.2 Å². The van der Waals surface area contributed by atoms with Crippen molar-refractivity contribution in [2.24, 2.45) is 0 Å². The van der Waals surface area contributed by atoms with Crippen LogP contribution in [0.1, 0.15) is 23.9 Å². The van der Waals surface area contributed by atoms with Crippen LogP contribution in [-0.2, 0) is 30.6 Å². The predicted molar refractivity (Wildman–Crippen MR) is 119 cm³/mol. The van der Waals surface area contributed by atoms with Crippen molar-refractivity contribution >= 4 is 23.4 Å². The van der Waals surface area contributed by atoms with Gasteiger partial charge in [-0.3, -0.25) is 4.79 Å². The number of carbonyl (C=O) groups is 1. The third-order valence-corrected chi connectivity index (χ3v) is 5.56. The Hall–Kier alpha value is -2.86. The van der Waals surface area contributed by atoms with E-state index in [0.717, 1.165) is 41.5 Å². The van der Waals surface area contributed by atoms with Crippen molar-refractivity contribution in [2.75, 3.05) is 11.1 Å². The molecular formula is C23H26N4OS. The Morgan fingerprint density at radius 2 is 1.86 bits per heavy atom. The normalized spacial score (nSPS) is 10.7. The number of hydrogen-bond donors (Lipinski definition) is 1. The van der Waals surface area contributed by atoms with Crippen LogP contribution in [0.2, 0.25) is 0 Å². The topological polar surface area (TPSA) is 59.8 Å². The lowest BCUT2D eigenvalue weighted by Crippen LogP contribution is -2.16. The number of aryl methyl sites for hydroxylation is 3. The molecule has 1 amide bonds. The van der Waals surface area contributed by atoms with Gasteiger partial charge < -0.3 is 9.88 Å². The molecule has 0 spiro atoms. The second-order valence-corrected chi connectivity index (χ2v) is 7.57. The van der Waals surface area contributed by atoms with E-state index in [-0.39, 0.29) is 11.7 Å². The fourth-order valence-electron chi connectivity index (χ4n) is 3.09. The average molecular weight is 407 g/mol. The zero-order chi connectivity index (χ0) is 20.5. The van der Waals surface area contributed by atoms with Crippen molar-refractivity contribution in [3.63, 3.8) is 0 Å². The summed E-state index contributed by atoms with van der Waals surface area (Å²) in [5, 5.41) is 12.4. The Morgan fingerprint density at radius 3 is 2.62 bits per heavy atom. The molecule has 6 heteroatoms. The Morgan fingerprint density at radius 1 is 1.10 bits per heavy atom.